The summed E-state index contributed by atoms with van der Waals surface area (Å²) in [4.78, 5) is 10.6. The zero-order chi connectivity index (χ0) is 14.0. The van der Waals surface area contributed by atoms with Crippen molar-refractivity contribution in [1.82, 2.24) is 9.59 Å². The Kier molecular flexibility index (Phi) is 3.36. The third-order valence-electron chi connectivity index (χ3n) is 2.12. The van der Waals surface area contributed by atoms with E-state index in [1.807, 2.05) is 0 Å². The van der Waals surface area contributed by atoms with Gasteiger partial charge in [0.2, 0.25) is 0 Å². The normalized spacial score (nSPS) is 11.2. The van der Waals surface area contributed by atoms with Gasteiger partial charge in [-0.2, -0.15) is 0 Å². The van der Waals surface area contributed by atoms with Gasteiger partial charge in [-0.15, -0.1) is 5.10 Å². The third kappa shape index (κ3) is 2.80. The number of carboxylic acid groups (broad SMARTS) is 1. The molecule has 0 spiro atoms. The average Bonchev–Trinajstić information content (AvgIpc) is 2.80. The second-order valence-corrected chi connectivity index (χ2v) is 5.88. The van der Waals surface area contributed by atoms with Crippen LogP contribution in [-0.4, -0.2) is 29.1 Å². The summed E-state index contributed by atoms with van der Waals surface area (Å²) in [7, 11) is -4.06. The lowest BCUT2D eigenvalue weighted by Crippen LogP contribution is -2.16. The molecular formula is C9H8N4O4S2. The van der Waals surface area contributed by atoms with E-state index in [9.17, 15) is 13.2 Å². The van der Waals surface area contributed by atoms with E-state index < -0.39 is 20.9 Å². The van der Waals surface area contributed by atoms with Crippen molar-refractivity contribution < 1.29 is 18.3 Å². The van der Waals surface area contributed by atoms with Crippen LogP contribution in [0, 0.1) is 0 Å². The van der Waals surface area contributed by atoms with E-state index >= 15 is 0 Å². The molecule has 0 aliphatic carbocycles. The Labute approximate surface area is 112 Å². The standard InChI is InChI=1S/C9H8N4O4S2/c10-5-1-2-6(9(14)15)7(3-5)19(16,17)12-8-4-11-13-18-8/h1-4,12H,10H2,(H,14,15). The maximum Gasteiger partial charge on any atom is 0.337 e. The number of benzene rings is 1. The summed E-state index contributed by atoms with van der Waals surface area (Å²) in [5, 5.41) is 12.6. The second kappa shape index (κ2) is 4.82. The van der Waals surface area contributed by atoms with E-state index in [1.165, 1.54) is 12.3 Å². The molecular weight excluding hydrogens is 292 g/mol. The first-order chi connectivity index (χ1) is 8.90. The second-order valence-electron chi connectivity index (χ2n) is 3.45. The highest BCUT2D eigenvalue weighted by Gasteiger charge is 2.23. The molecule has 0 bridgehead atoms. The molecule has 1 aromatic heterocycles. The number of anilines is 2. The molecule has 2 rings (SSSR count). The molecule has 0 saturated carbocycles. The Bertz CT molecular complexity index is 712. The predicted molar refractivity (Wildman–Crippen MR) is 68.5 cm³/mol. The number of carboxylic acids is 1. The SMILES string of the molecule is Nc1ccc(C(=O)O)c(S(=O)(=O)Nc2cnns2)c1. The molecule has 2 aromatic rings. The number of nitrogens with one attached hydrogen (secondary N) is 1. The number of carbonyl (C=O) groups is 1. The number of aromatic carboxylic acids is 1. The molecule has 0 aliphatic rings. The number of rotatable bonds is 4. The van der Waals surface area contributed by atoms with Crippen LogP contribution in [0.15, 0.2) is 29.3 Å². The van der Waals surface area contributed by atoms with Crippen LogP contribution < -0.4 is 10.5 Å². The molecule has 10 heteroatoms. The van der Waals surface area contributed by atoms with E-state index in [1.54, 1.807) is 0 Å². The number of nitrogen functional groups attached to an aromatic ring is 1. The Hall–Kier alpha value is -2.20. The van der Waals surface area contributed by atoms with Gasteiger partial charge in [0.15, 0.2) is 0 Å². The van der Waals surface area contributed by atoms with Crippen LogP contribution in [0.5, 0.6) is 0 Å². The minimum Gasteiger partial charge on any atom is -0.478 e. The average molecular weight is 300 g/mol. The highest BCUT2D eigenvalue weighted by molar-refractivity contribution is 7.93. The van der Waals surface area contributed by atoms with Gasteiger partial charge in [0, 0.05) is 17.2 Å². The number of sulfonamides is 1. The highest BCUT2D eigenvalue weighted by Crippen LogP contribution is 2.23. The lowest BCUT2D eigenvalue weighted by molar-refractivity contribution is 0.0692. The van der Waals surface area contributed by atoms with Crippen LogP contribution in [0.3, 0.4) is 0 Å². The molecule has 1 aromatic carbocycles. The Morgan fingerprint density at radius 2 is 2.16 bits per heavy atom. The summed E-state index contributed by atoms with van der Waals surface area (Å²) in [5.74, 6) is -1.36. The summed E-state index contributed by atoms with van der Waals surface area (Å²) in [6.07, 6.45) is 1.22. The number of hydrogen-bond acceptors (Lipinski definition) is 7. The fourth-order valence-corrected chi connectivity index (χ4v) is 3.26. The Balaban J connectivity index is 2.50. The van der Waals surface area contributed by atoms with E-state index in [4.69, 9.17) is 10.8 Å². The lowest BCUT2D eigenvalue weighted by Gasteiger charge is -2.09. The number of nitrogens with two attached hydrogens (primary N) is 1. The largest absolute Gasteiger partial charge is 0.478 e. The molecule has 0 saturated heterocycles. The monoisotopic (exact) mass is 300 g/mol. The lowest BCUT2D eigenvalue weighted by atomic mass is 10.2. The minimum atomic E-state index is -4.06. The maximum absolute atomic E-state index is 12.1. The molecule has 0 amide bonds. The molecule has 0 fully saturated rings. The number of aromatic nitrogens is 2. The first kappa shape index (κ1) is 13.2. The minimum absolute atomic E-state index is 0.146. The summed E-state index contributed by atoms with van der Waals surface area (Å²) < 4.78 is 29.9. The number of hydrogen-bond donors (Lipinski definition) is 3. The van der Waals surface area contributed by atoms with Crippen molar-refractivity contribution in [1.29, 1.82) is 0 Å². The van der Waals surface area contributed by atoms with Gasteiger partial charge < -0.3 is 10.8 Å². The summed E-state index contributed by atoms with van der Waals surface area (Å²) >= 11 is 0.833. The van der Waals surface area contributed by atoms with E-state index in [0.29, 0.717) is 0 Å². The van der Waals surface area contributed by atoms with Gasteiger partial charge in [0.05, 0.1) is 11.8 Å². The van der Waals surface area contributed by atoms with Gasteiger partial charge in [-0.1, -0.05) is 4.49 Å². The molecule has 4 N–H and O–H groups in total. The highest BCUT2D eigenvalue weighted by atomic mass is 32.2. The van der Waals surface area contributed by atoms with Crippen LogP contribution in [0.4, 0.5) is 10.7 Å². The quantitative estimate of drug-likeness (QED) is 0.704. The summed E-state index contributed by atoms with van der Waals surface area (Å²) in [6, 6.07) is 3.54. The Morgan fingerprint density at radius 3 is 2.74 bits per heavy atom. The fraction of sp³-hybridized carbons (Fsp3) is 0. The maximum atomic E-state index is 12.1. The molecule has 0 aliphatic heterocycles. The number of nitrogens with zero attached hydrogens (tertiary/aromatic N) is 2. The Morgan fingerprint density at radius 1 is 1.42 bits per heavy atom. The van der Waals surface area contributed by atoms with Gasteiger partial charge in [0.1, 0.15) is 9.90 Å². The van der Waals surface area contributed by atoms with Gasteiger partial charge in [0.25, 0.3) is 10.0 Å². The van der Waals surface area contributed by atoms with Crippen molar-refractivity contribution in [3.8, 4) is 0 Å². The van der Waals surface area contributed by atoms with Crippen molar-refractivity contribution in [2.45, 2.75) is 4.90 Å². The van der Waals surface area contributed by atoms with Crippen LogP contribution in [-0.2, 0) is 10.0 Å². The summed E-state index contributed by atoms with van der Waals surface area (Å²) in [6.45, 7) is 0. The first-order valence-electron chi connectivity index (χ1n) is 4.83. The topological polar surface area (TPSA) is 135 Å². The van der Waals surface area contributed by atoms with Crippen LogP contribution in [0.2, 0.25) is 0 Å². The van der Waals surface area contributed by atoms with E-state index in [0.717, 1.165) is 23.7 Å². The summed E-state index contributed by atoms with van der Waals surface area (Å²) in [5.41, 5.74) is 5.27. The van der Waals surface area contributed by atoms with Crippen molar-refractivity contribution in [3.05, 3.63) is 30.0 Å². The molecule has 8 nitrogen and oxygen atoms in total. The van der Waals surface area contributed by atoms with Gasteiger partial charge in [-0.25, -0.2) is 13.2 Å². The molecule has 19 heavy (non-hydrogen) atoms. The third-order valence-corrected chi connectivity index (χ3v) is 4.24. The van der Waals surface area contributed by atoms with Crippen LogP contribution in [0.25, 0.3) is 0 Å². The van der Waals surface area contributed by atoms with Gasteiger partial charge in [-0.3, -0.25) is 4.72 Å². The van der Waals surface area contributed by atoms with Crippen molar-refractivity contribution in [3.63, 3.8) is 0 Å². The first-order valence-corrected chi connectivity index (χ1v) is 7.09. The molecule has 100 valence electrons. The van der Waals surface area contributed by atoms with Crippen molar-refractivity contribution in [2.75, 3.05) is 10.5 Å². The molecule has 0 atom stereocenters. The fourth-order valence-electron chi connectivity index (χ4n) is 1.34. The molecule has 1 heterocycles. The molecule has 0 unspecified atom stereocenters. The van der Waals surface area contributed by atoms with Crippen molar-refractivity contribution >= 4 is 38.2 Å². The van der Waals surface area contributed by atoms with Crippen LogP contribution >= 0.6 is 11.5 Å². The van der Waals surface area contributed by atoms with E-state index in [2.05, 4.69) is 14.3 Å². The predicted octanol–water partition coefficient (Wildman–Crippen LogP) is 0.619. The smallest absolute Gasteiger partial charge is 0.337 e. The zero-order valence-corrected chi connectivity index (χ0v) is 10.9. The molecule has 0 radical (unpaired) electrons. The zero-order valence-electron chi connectivity index (χ0n) is 9.27. The van der Waals surface area contributed by atoms with Crippen LogP contribution in [0.1, 0.15) is 10.4 Å². The van der Waals surface area contributed by atoms with E-state index in [-0.39, 0.29) is 16.3 Å². The van der Waals surface area contributed by atoms with Gasteiger partial charge >= 0.3 is 5.97 Å². The van der Waals surface area contributed by atoms with Crippen molar-refractivity contribution in [2.24, 2.45) is 0 Å². The van der Waals surface area contributed by atoms with Gasteiger partial charge in [-0.05, 0) is 18.2 Å².